The van der Waals surface area contributed by atoms with E-state index >= 15 is 0 Å². The number of nitrogens with one attached hydrogen (secondary N) is 2. The molecule has 2 N–H and O–H groups in total. The normalized spacial score (nSPS) is 22.1. The van der Waals surface area contributed by atoms with Crippen LogP contribution in [0, 0.1) is 5.92 Å². The predicted octanol–water partition coefficient (Wildman–Crippen LogP) is 1.67. The van der Waals surface area contributed by atoms with E-state index in [-0.39, 0.29) is 30.7 Å². The van der Waals surface area contributed by atoms with Crippen LogP contribution in [0.3, 0.4) is 0 Å². The number of benzene rings is 1. The summed E-state index contributed by atoms with van der Waals surface area (Å²) < 4.78 is 28.5. The number of urea groups is 1. The van der Waals surface area contributed by atoms with E-state index in [4.69, 9.17) is 0 Å². The third kappa shape index (κ3) is 4.35. The van der Waals surface area contributed by atoms with E-state index in [9.17, 15) is 23.2 Å². The van der Waals surface area contributed by atoms with Gasteiger partial charge in [-0.15, -0.1) is 0 Å². The fourth-order valence-corrected chi connectivity index (χ4v) is 3.18. The molecule has 9 heteroatoms. The molecule has 0 radical (unpaired) electrons. The summed E-state index contributed by atoms with van der Waals surface area (Å²) in [5, 5.41) is 5.34. The Kier molecular flexibility index (Phi) is 5.29. The third-order valence-electron chi connectivity index (χ3n) is 4.88. The molecule has 1 aliphatic heterocycles. The Hall–Kier alpha value is -2.71. The van der Waals surface area contributed by atoms with Gasteiger partial charge >= 0.3 is 12.6 Å². The average Bonchev–Trinajstić information content (AvgIpc) is 3.42. The summed E-state index contributed by atoms with van der Waals surface area (Å²) in [6.45, 7) is -1.21. The van der Waals surface area contributed by atoms with E-state index in [1.54, 1.807) is 19.1 Å². The first kappa shape index (κ1) is 19.1. The standard InChI is InChI=1S/C18H21F2N3O4/c1-18(12-4-5-12)15(25)23(17(26)22-18)10-14(24)21-9-8-11-2-6-13(7-3-11)27-16(19)20/h2-3,6-7,12,16H,4-5,8-10H2,1H3,(H,21,24)(H,22,26)/t18-/m1/s1. The number of amides is 4. The number of alkyl halides is 2. The molecular formula is C18H21F2N3O4. The molecule has 1 saturated carbocycles. The summed E-state index contributed by atoms with van der Waals surface area (Å²) in [5.74, 6) is -0.593. The Morgan fingerprint density at radius 1 is 1.33 bits per heavy atom. The highest BCUT2D eigenvalue weighted by Crippen LogP contribution is 2.42. The van der Waals surface area contributed by atoms with Gasteiger partial charge in [-0.2, -0.15) is 8.78 Å². The predicted molar refractivity (Wildman–Crippen MR) is 91.2 cm³/mol. The van der Waals surface area contributed by atoms with Crippen LogP contribution in [0.5, 0.6) is 5.75 Å². The third-order valence-corrected chi connectivity index (χ3v) is 4.88. The van der Waals surface area contributed by atoms with Crippen molar-refractivity contribution in [2.45, 2.75) is 38.3 Å². The molecule has 4 amide bonds. The number of carbonyl (C=O) groups is 3. The van der Waals surface area contributed by atoms with Crippen molar-refractivity contribution in [1.29, 1.82) is 0 Å². The Bertz CT molecular complexity index is 737. The maximum Gasteiger partial charge on any atom is 0.387 e. The molecule has 1 aromatic carbocycles. The van der Waals surface area contributed by atoms with Crippen molar-refractivity contribution in [1.82, 2.24) is 15.5 Å². The number of imide groups is 1. The SMILES string of the molecule is C[C@]1(C2CC2)NC(=O)N(CC(=O)NCCc2ccc(OC(F)F)cc2)C1=O. The van der Waals surface area contributed by atoms with Gasteiger partial charge in [0.1, 0.15) is 17.8 Å². The second-order valence-corrected chi connectivity index (χ2v) is 6.92. The van der Waals surface area contributed by atoms with E-state index in [2.05, 4.69) is 15.4 Å². The minimum absolute atomic E-state index is 0.0649. The van der Waals surface area contributed by atoms with Crippen LogP contribution in [0.1, 0.15) is 25.3 Å². The highest BCUT2D eigenvalue weighted by atomic mass is 19.3. The van der Waals surface area contributed by atoms with Gasteiger partial charge in [0.05, 0.1) is 0 Å². The van der Waals surface area contributed by atoms with Gasteiger partial charge in [-0.25, -0.2) is 4.79 Å². The van der Waals surface area contributed by atoms with Gasteiger partial charge in [-0.1, -0.05) is 12.1 Å². The lowest BCUT2D eigenvalue weighted by Gasteiger charge is -2.20. The molecule has 0 bridgehead atoms. The van der Waals surface area contributed by atoms with Crippen molar-refractivity contribution >= 4 is 17.8 Å². The van der Waals surface area contributed by atoms with Crippen LogP contribution < -0.4 is 15.4 Å². The van der Waals surface area contributed by atoms with Gasteiger partial charge in [0.2, 0.25) is 5.91 Å². The number of hydrogen-bond acceptors (Lipinski definition) is 4. The molecule has 1 atom stereocenters. The molecule has 27 heavy (non-hydrogen) atoms. The molecule has 0 aromatic heterocycles. The molecule has 1 saturated heterocycles. The molecule has 3 rings (SSSR count). The second-order valence-electron chi connectivity index (χ2n) is 6.92. The van der Waals surface area contributed by atoms with Crippen LogP contribution >= 0.6 is 0 Å². The van der Waals surface area contributed by atoms with Gasteiger partial charge in [0.15, 0.2) is 0 Å². The minimum Gasteiger partial charge on any atom is -0.435 e. The van der Waals surface area contributed by atoms with Crippen LogP contribution in [-0.4, -0.2) is 48.0 Å². The summed E-state index contributed by atoms with van der Waals surface area (Å²) in [6, 6.07) is 5.56. The van der Waals surface area contributed by atoms with Crippen LogP contribution in [-0.2, 0) is 16.0 Å². The van der Waals surface area contributed by atoms with Crippen molar-refractivity contribution in [3.8, 4) is 5.75 Å². The number of hydrogen-bond donors (Lipinski definition) is 2. The number of carbonyl (C=O) groups excluding carboxylic acids is 3. The average molecular weight is 381 g/mol. The molecule has 1 heterocycles. The van der Waals surface area contributed by atoms with Crippen LogP contribution in [0.25, 0.3) is 0 Å². The first-order chi connectivity index (χ1) is 12.8. The smallest absolute Gasteiger partial charge is 0.387 e. The monoisotopic (exact) mass is 381 g/mol. The highest BCUT2D eigenvalue weighted by molar-refractivity contribution is 6.09. The van der Waals surface area contributed by atoms with E-state index in [1.165, 1.54) is 12.1 Å². The highest BCUT2D eigenvalue weighted by Gasteiger charge is 2.56. The van der Waals surface area contributed by atoms with Crippen LogP contribution in [0.2, 0.25) is 0 Å². The number of halogens is 2. The Morgan fingerprint density at radius 3 is 2.59 bits per heavy atom. The van der Waals surface area contributed by atoms with Gasteiger partial charge in [-0.05, 0) is 49.8 Å². The largest absolute Gasteiger partial charge is 0.435 e. The second kappa shape index (κ2) is 7.50. The van der Waals surface area contributed by atoms with E-state index < -0.39 is 24.1 Å². The topological polar surface area (TPSA) is 87.7 Å². The summed E-state index contributed by atoms with van der Waals surface area (Å²) in [5.41, 5.74) is -0.0763. The maximum atomic E-state index is 12.5. The molecule has 0 unspecified atom stereocenters. The first-order valence-electron chi connectivity index (χ1n) is 8.74. The molecule has 2 aliphatic rings. The summed E-state index contributed by atoms with van der Waals surface area (Å²) in [7, 11) is 0. The molecular weight excluding hydrogens is 360 g/mol. The van der Waals surface area contributed by atoms with E-state index in [1.807, 2.05) is 0 Å². The van der Waals surface area contributed by atoms with Crippen molar-refractivity contribution in [2.24, 2.45) is 5.92 Å². The molecule has 146 valence electrons. The van der Waals surface area contributed by atoms with Crippen molar-refractivity contribution < 1.29 is 27.9 Å². The van der Waals surface area contributed by atoms with Crippen LogP contribution in [0.15, 0.2) is 24.3 Å². The van der Waals surface area contributed by atoms with Crippen molar-refractivity contribution in [2.75, 3.05) is 13.1 Å². The zero-order chi connectivity index (χ0) is 19.6. The summed E-state index contributed by atoms with van der Waals surface area (Å²) >= 11 is 0. The minimum atomic E-state index is -2.87. The fraction of sp³-hybridized carbons (Fsp3) is 0.500. The van der Waals surface area contributed by atoms with Crippen molar-refractivity contribution in [3.63, 3.8) is 0 Å². The zero-order valence-corrected chi connectivity index (χ0v) is 14.8. The fourth-order valence-electron chi connectivity index (χ4n) is 3.18. The van der Waals surface area contributed by atoms with Gasteiger partial charge < -0.3 is 15.4 Å². The molecule has 2 fully saturated rings. The quantitative estimate of drug-likeness (QED) is 0.671. The molecule has 1 aliphatic carbocycles. The number of rotatable bonds is 8. The number of ether oxygens (including phenoxy) is 1. The molecule has 0 spiro atoms. The van der Waals surface area contributed by atoms with Gasteiger partial charge in [0, 0.05) is 6.54 Å². The Labute approximate surface area is 155 Å². The first-order valence-corrected chi connectivity index (χ1v) is 8.74. The Morgan fingerprint density at radius 2 is 2.00 bits per heavy atom. The Balaban J connectivity index is 1.44. The maximum absolute atomic E-state index is 12.5. The summed E-state index contributed by atoms with van der Waals surface area (Å²) in [4.78, 5) is 37.5. The number of nitrogens with zero attached hydrogens (tertiary/aromatic N) is 1. The summed E-state index contributed by atoms with van der Waals surface area (Å²) in [6.07, 6.45) is 2.26. The van der Waals surface area contributed by atoms with Crippen LogP contribution in [0.4, 0.5) is 13.6 Å². The molecule has 7 nitrogen and oxygen atoms in total. The van der Waals surface area contributed by atoms with E-state index in [0.717, 1.165) is 23.3 Å². The molecule has 1 aromatic rings. The lowest BCUT2D eigenvalue weighted by molar-refractivity contribution is -0.135. The lowest BCUT2D eigenvalue weighted by atomic mass is 9.96. The van der Waals surface area contributed by atoms with Gasteiger partial charge in [0.25, 0.3) is 5.91 Å². The van der Waals surface area contributed by atoms with Gasteiger partial charge in [-0.3, -0.25) is 14.5 Å². The van der Waals surface area contributed by atoms with Crippen molar-refractivity contribution in [3.05, 3.63) is 29.8 Å². The van der Waals surface area contributed by atoms with E-state index in [0.29, 0.717) is 6.42 Å². The zero-order valence-electron chi connectivity index (χ0n) is 14.8. The lowest BCUT2D eigenvalue weighted by Crippen LogP contribution is -2.47.